The summed E-state index contributed by atoms with van der Waals surface area (Å²) < 4.78 is 14.7. The van der Waals surface area contributed by atoms with Crippen LogP contribution in [0.4, 0.5) is 17.1 Å². The number of aromatic nitrogens is 3. The molecule has 3 fully saturated rings. The second kappa shape index (κ2) is 15.8. The van der Waals surface area contributed by atoms with E-state index in [1.54, 1.807) is 21.6 Å². The molecule has 4 aliphatic heterocycles. The number of hydrogen-bond donors (Lipinski definition) is 3. The fourth-order valence-electron chi connectivity index (χ4n) is 9.60. The maximum Gasteiger partial charge on any atom is 0.264 e. The van der Waals surface area contributed by atoms with E-state index in [0.717, 1.165) is 39.6 Å². The minimum atomic E-state index is -2.43. The van der Waals surface area contributed by atoms with Gasteiger partial charge in [0.05, 0.1) is 52.3 Å². The van der Waals surface area contributed by atoms with Crippen LogP contribution in [-0.4, -0.2) is 105 Å². The number of anilines is 3. The van der Waals surface area contributed by atoms with Crippen LogP contribution in [0.15, 0.2) is 72.9 Å². The highest BCUT2D eigenvalue weighted by atomic mass is 28.3. The second-order valence-electron chi connectivity index (χ2n) is 16.1. The molecule has 14 nitrogen and oxygen atoms in total. The molecular formula is C42H52N8O6Si. The van der Waals surface area contributed by atoms with Crippen molar-refractivity contribution in [2.75, 3.05) is 67.7 Å². The lowest BCUT2D eigenvalue weighted by molar-refractivity contribution is -0.146. The van der Waals surface area contributed by atoms with Gasteiger partial charge in [-0.1, -0.05) is 54.7 Å². The molecule has 3 amide bonds. The summed E-state index contributed by atoms with van der Waals surface area (Å²) in [5, 5.41) is 25.6. The minimum Gasteiger partial charge on any atom is -0.497 e. The number of aryl methyl sites for hydroxylation is 1. The number of fused-ring (bicyclic) bond motifs is 2. The Labute approximate surface area is 334 Å². The van der Waals surface area contributed by atoms with E-state index in [4.69, 9.17) is 9.47 Å². The molecule has 57 heavy (non-hydrogen) atoms. The maximum atomic E-state index is 15.6. The number of hydrogen-bond acceptors (Lipinski definition) is 10. The molecule has 4 aromatic rings. The van der Waals surface area contributed by atoms with Crippen molar-refractivity contribution in [3.63, 3.8) is 0 Å². The minimum absolute atomic E-state index is 0.00500. The highest BCUT2D eigenvalue weighted by Crippen LogP contribution is 2.60. The third-order valence-electron chi connectivity index (χ3n) is 12.5. The summed E-state index contributed by atoms with van der Waals surface area (Å²) in [5.41, 5.74) is 3.37. The zero-order valence-corrected chi connectivity index (χ0v) is 34.1. The van der Waals surface area contributed by atoms with Gasteiger partial charge in [-0.05, 0) is 60.0 Å². The van der Waals surface area contributed by atoms with Crippen LogP contribution in [0, 0.1) is 5.92 Å². The van der Waals surface area contributed by atoms with Gasteiger partial charge in [-0.15, -0.1) is 5.10 Å². The van der Waals surface area contributed by atoms with Gasteiger partial charge in [-0.25, -0.2) is 0 Å². The second-order valence-corrected chi connectivity index (χ2v) is 20.8. The summed E-state index contributed by atoms with van der Waals surface area (Å²) in [6, 6.07) is 22.1. The molecule has 300 valence electrons. The summed E-state index contributed by atoms with van der Waals surface area (Å²) in [5.74, 6) is 0.401. The van der Waals surface area contributed by atoms with Gasteiger partial charge in [-0.2, -0.15) is 0 Å². The smallest absolute Gasteiger partial charge is 0.264 e. The van der Waals surface area contributed by atoms with Gasteiger partial charge in [0.15, 0.2) is 5.60 Å². The van der Waals surface area contributed by atoms with Gasteiger partial charge in [0.2, 0.25) is 11.8 Å². The van der Waals surface area contributed by atoms with Crippen molar-refractivity contribution < 1.29 is 29.0 Å². The zero-order valence-electron chi connectivity index (χ0n) is 33.1. The number of nitrogens with zero attached hydrogens (tertiary/aromatic N) is 6. The Hall–Kier alpha value is -4.93. The van der Waals surface area contributed by atoms with E-state index in [0.29, 0.717) is 45.6 Å². The van der Waals surface area contributed by atoms with E-state index in [1.807, 2.05) is 65.7 Å². The molecule has 3 aromatic carbocycles. The van der Waals surface area contributed by atoms with Crippen molar-refractivity contribution in [1.82, 2.24) is 25.6 Å². The number of aliphatic hydroxyl groups excluding tert-OH is 1. The number of amides is 3. The van der Waals surface area contributed by atoms with Crippen LogP contribution in [0.3, 0.4) is 0 Å². The van der Waals surface area contributed by atoms with E-state index in [-0.39, 0.29) is 61.5 Å². The Kier molecular flexibility index (Phi) is 10.8. The van der Waals surface area contributed by atoms with Crippen molar-refractivity contribution in [3.05, 3.63) is 89.7 Å². The number of carbonyl (C=O) groups excluding carboxylic acids is 3. The summed E-state index contributed by atoms with van der Waals surface area (Å²) in [6.07, 6.45) is 2.55. The molecule has 1 spiro atoms. The highest BCUT2D eigenvalue weighted by molar-refractivity contribution is 6.91. The molecule has 0 aliphatic carbocycles. The molecule has 1 aromatic heterocycles. The number of benzene rings is 3. The molecule has 0 unspecified atom stereocenters. The molecule has 4 atom stereocenters. The van der Waals surface area contributed by atoms with E-state index >= 15 is 4.79 Å². The van der Waals surface area contributed by atoms with Crippen molar-refractivity contribution in [2.45, 2.75) is 63.2 Å². The fourth-order valence-corrected chi connectivity index (χ4v) is 13.7. The van der Waals surface area contributed by atoms with Gasteiger partial charge in [0.25, 0.3) is 5.91 Å². The van der Waals surface area contributed by atoms with E-state index in [9.17, 15) is 14.7 Å². The predicted molar refractivity (Wildman–Crippen MR) is 220 cm³/mol. The average Bonchev–Trinajstić information content (AvgIpc) is 3.87. The lowest BCUT2D eigenvalue weighted by atomic mass is 9.82. The molecule has 0 saturated carbocycles. The Bertz CT molecular complexity index is 2140. The maximum absolute atomic E-state index is 15.6. The van der Waals surface area contributed by atoms with Gasteiger partial charge in [-0.3, -0.25) is 19.1 Å². The summed E-state index contributed by atoms with van der Waals surface area (Å²) >= 11 is 0. The molecule has 3 N–H and O–H groups in total. The first-order valence-electron chi connectivity index (χ1n) is 19.9. The largest absolute Gasteiger partial charge is 0.497 e. The molecule has 0 radical (unpaired) electrons. The number of piperazine rings is 2. The van der Waals surface area contributed by atoms with Crippen molar-refractivity contribution in [3.8, 4) is 5.75 Å². The summed E-state index contributed by atoms with van der Waals surface area (Å²) in [7, 11) is -0.764. The lowest BCUT2D eigenvalue weighted by Gasteiger charge is -2.37. The van der Waals surface area contributed by atoms with Crippen molar-refractivity contribution in [1.29, 1.82) is 0 Å². The van der Waals surface area contributed by atoms with Crippen LogP contribution in [0.25, 0.3) is 0 Å². The third-order valence-corrected chi connectivity index (χ3v) is 16.8. The Morgan fingerprint density at radius 3 is 2.32 bits per heavy atom. The first-order valence-corrected chi connectivity index (χ1v) is 23.0. The van der Waals surface area contributed by atoms with Crippen LogP contribution >= 0.6 is 0 Å². The normalized spacial score (nSPS) is 23.8. The van der Waals surface area contributed by atoms with Crippen LogP contribution in [0.1, 0.15) is 30.2 Å². The van der Waals surface area contributed by atoms with Crippen LogP contribution in [-0.2, 0) is 44.2 Å². The molecule has 3 saturated heterocycles. The quantitative estimate of drug-likeness (QED) is 0.183. The first-order chi connectivity index (χ1) is 27.5. The number of carbonyl (C=O) groups is 3. The van der Waals surface area contributed by atoms with E-state index < -0.39 is 13.7 Å². The molecule has 5 heterocycles. The average molecular weight is 793 g/mol. The Morgan fingerprint density at radius 2 is 1.65 bits per heavy atom. The molecule has 15 heteroatoms. The number of methoxy groups -OCH3 is 1. The van der Waals surface area contributed by atoms with Crippen molar-refractivity contribution in [2.24, 2.45) is 5.92 Å². The summed E-state index contributed by atoms with van der Waals surface area (Å²) in [6.45, 7) is 10.7. The Balaban J connectivity index is 1.21. The van der Waals surface area contributed by atoms with Gasteiger partial charge < -0.3 is 39.9 Å². The highest BCUT2D eigenvalue weighted by Gasteiger charge is 2.66. The molecule has 0 bridgehead atoms. The predicted octanol–water partition coefficient (Wildman–Crippen LogP) is 2.55. The SMILES string of the molecule is COc1ccc([Si](C)(C)[C@H]2[C@H](CCn3cc(CCO)nn3)O[C@@]3(C(=O)N(Cc4cccc(N5CCNCC5=O)c4)c4ccc(N5CCNCC5=O)cc43)[C@@H]2C)cc1. The van der Waals surface area contributed by atoms with E-state index in [1.165, 1.54) is 5.19 Å². The summed E-state index contributed by atoms with van der Waals surface area (Å²) in [4.78, 5) is 47.1. The number of nitrogens with one attached hydrogen (secondary N) is 2. The van der Waals surface area contributed by atoms with Crippen molar-refractivity contribution >= 4 is 48.0 Å². The third kappa shape index (κ3) is 7.05. The zero-order chi connectivity index (χ0) is 39.9. The number of ether oxygens (including phenoxy) is 2. The first kappa shape index (κ1) is 38.9. The standard InChI is InChI=1S/C42H52N8O6Si/c1-28-40(57(3,4)34-11-9-33(55-2)10-12-34)37(14-18-47-27-30(15-21-51)45-46-47)56-42(28)35-23-32(49-20-17-44-25-39(49)53)8-13-36(35)50(41(42)54)26-29-6-5-7-31(22-29)48-19-16-43-24-38(48)52/h5-13,22-23,27-28,37,40,43-44,51H,14-21,24-26H2,1-4H3/t28-,37+,40-,42+/m1/s1. The van der Waals surface area contributed by atoms with Gasteiger partial charge in [0, 0.05) is 74.8 Å². The van der Waals surface area contributed by atoms with Crippen LogP contribution < -0.4 is 35.3 Å². The van der Waals surface area contributed by atoms with E-state index in [2.05, 4.69) is 53.1 Å². The van der Waals surface area contributed by atoms with Crippen LogP contribution in [0.5, 0.6) is 5.75 Å². The number of rotatable bonds is 12. The van der Waals surface area contributed by atoms with Crippen LogP contribution in [0.2, 0.25) is 18.6 Å². The number of aliphatic hydroxyl groups is 1. The lowest BCUT2D eigenvalue weighted by Crippen LogP contribution is -2.52. The Morgan fingerprint density at radius 1 is 0.947 bits per heavy atom. The topological polar surface area (TPSA) is 154 Å². The van der Waals surface area contributed by atoms with Gasteiger partial charge in [0.1, 0.15) is 5.75 Å². The molecule has 4 aliphatic rings. The fraction of sp³-hybridized carbons (Fsp3) is 0.452. The van der Waals surface area contributed by atoms with Gasteiger partial charge >= 0.3 is 0 Å². The molecule has 8 rings (SSSR count). The molecular weight excluding hydrogens is 741 g/mol. The monoisotopic (exact) mass is 792 g/mol.